The maximum absolute atomic E-state index is 13.7. The Morgan fingerprint density at radius 3 is 2.20 bits per heavy atom. The highest BCUT2D eigenvalue weighted by molar-refractivity contribution is 7.91. The van der Waals surface area contributed by atoms with E-state index >= 15 is 0 Å². The second kappa shape index (κ2) is 9.43. The molecule has 13 heteroatoms. The van der Waals surface area contributed by atoms with Gasteiger partial charge in [0.1, 0.15) is 5.60 Å². The van der Waals surface area contributed by atoms with Crippen molar-refractivity contribution in [1.29, 1.82) is 0 Å². The highest BCUT2D eigenvalue weighted by atomic mass is 32.2. The van der Waals surface area contributed by atoms with Crippen LogP contribution >= 0.6 is 0 Å². The van der Waals surface area contributed by atoms with E-state index in [1.807, 2.05) is 0 Å². The lowest BCUT2D eigenvalue weighted by Gasteiger charge is -2.24. The van der Waals surface area contributed by atoms with E-state index < -0.39 is 59.1 Å². The second-order valence-corrected chi connectivity index (χ2v) is 12.6. The van der Waals surface area contributed by atoms with Crippen molar-refractivity contribution >= 4 is 26.0 Å². The number of ether oxygens (including phenoxy) is 1. The lowest BCUT2D eigenvalue weighted by Crippen LogP contribution is -2.40. The van der Waals surface area contributed by atoms with Gasteiger partial charge in [0.2, 0.25) is 19.9 Å². The molecule has 1 fully saturated rings. The Labute approximate surface area is 202 Å². The zero-order valence-electron chi connectivity index (χ0n) is 19.2. The number of nitrogens with zero attached hydrogens (tertiary/aromatic N) is 1. The first kappa shape index (κ1) is 27.0. The summed E-state index contributed by atoms with van der Waals surface area (Å²) in [5.41, 5.74) is -2.28. The molecule has 2 aromatic carbocycles. The van der Waals surface area contributed by atoms with Crippen molar-refractivity contribution in [3.63, 3.8) is 0 Å². The van der Waals surface area contributed by atoms with Gasteiger partial charge in [-0.15, -0.1) is 0 Å². The summed E-state index contributed by atoms with van der Waals surface area (Å²) in [5, 5.41) is 0. The van der Waals surface area contributed by atoms with E-state index in [1.54, 1.807) is 26.8 Å². The van der Waals surface area contributed by atoms with Crippen molar-refractivity contribution in [1.82, 2.24) is 9.62 Å². The molecule has 1 amide bonds. The lowest BCUT2D eigenvalue weighted by atomic mass is 10.2. The topological polar surface area (TPSA) is 110 Å². The van der Waals surface area contributed by atoms with Crippen molar-refractivity contribution < 1.29 is 39.5 Å². The number of rotatable bonds is 5. The van der Waals surface area contributed by atoms with Crippen LogP contribution in [-0.4, -0.2) is 52.6 Å². The summed E-state index contributed by atoms with van der Waals surface area (Å²) in [6.45, 7) is 5.01. The number of sulfonamides is 1. The van der Waals surface area contributed by atoms with E-state index in [0.717, 1.165) is 6.07 Å². The van der Waals surface area contributed by atoms with Crippen molar-refractivity contribution in [2.24, 2.45) is 0 Å². The van der Waals surface area contributed by atoms with Gasteiger partial charge < -0.3 is 9.64 Å². The Balaban J connectivity index is 1.93. The number of sulfone groups is 1. The molecule has 0 aromatic heterocycles. The third kappa shape index (κ3) is 6.33. The van der Waals surface area contributed by atoms with Crippen LogP contribution in [0.5, 0.6) is 0 Å². The number of benzene rings is 2. The SMILES string of the molecule is CC(C)(C)OC(=O)N1CC[C@@H](NS(=O)(=O)c2cc(S(=O)(=O)c3ccccc3)ccc2C(F)(F)F)C1. The Morgan fingerprint density at radius 2 is 1.63 bits per heavy atom. The average Bonchev–Trinajstić information content (AvgIpc) is 3.20. The number of carbonyl (C=O) groups excluding carboxylic acids is 1. The Morgan fingerprint density at radius 1 is 1.00 bits per heavy atom. The van der Waals surface area contributed by atoms with E-state index in [1.165, 1.54) is 29.2 Å². The highest BCUT2D eigenvalue weighted by Gasteiger charge is 2.40. The molecule has 1 atom stereocenters. The van der Waals surface area contributed by atoms with Crippen LogP contribution in [0.25, 0.3) is 0 Å². The number of alkyl halides is 3. The molecule has 0 aliphatic carbocycles. The molecule has 0 saturated carbocycles. The Bertz CT molecular complexity index is 1300. The van der Waals surface area contributed by atoms with Crippen LogP contribution < -0.4 is 4.72 Å². The Hall–Kier alpha value is -2.64. The lowest BCUT2D eigenvalue weighted by molar-refractivity contribution is -0.139. The minimum atomic E-state index is -5.06. The van der Waals surface area contributed by atoms with Gasteiger partial charge in [-0.1, -0.05) is 18.2 Å². The molecule has 0 radical (unpaired) electrons. The first-order valence-electron chi connectivity index (χ1n) is 10.5. The van der Waals surface area contributed by atoms with Gasteiger partial charge in [-0.2, -0.15) is 13.2 Å². The van der Waals surface area contributed by atoms with Crippen LogP contribution in [0.2, 0.25) is 0 Å². The fraction of sp³-hybridized carbons (Fsp3) is 0.409. The third-order valence-corrected chi connectivity index (χ3v) is 8.40. The molecule has 2 aromatic rings. The van der Waals surface area contributed by atoms with Gasteiger partial charge >= 0.3 is 12.3 Å². The number of carbonyl (C=O) groups is 1. The Kier molecular flexibility index (Phi) is 7.26. The van der Waals surface area contributed by atoms with Crippen molar-refractivity contribution in [3.05, 3.63) is 54.1 Å². The average molecular weight is 535 g/mol. The summed E-state index contributed by atoms with van der Waals surface area (Å²) in [6.07, 6.45) is -5.59. The number of halogens is 3. The van der Waals surface area contributed by atoms with Gasteiger partial charge in [0.25, 0.3) is 0 Å². The van der Waals surface area contributed by atoms with Gasteiger partial charge in [0.15, 0.2) is 0 Å². The van der Waals surface area contributed by atoms with Gasteiger partial charge in [0.05, 0.1) is 20.2 Å². The second-order valence-electron chi connectivity index (χ2n) is 9.01. The monoisotopic (exact) mass is 534 g/mol. The summed E-state index contributed by atoms with van der Waals surface area (Å²) >= 11 is 0. The van der Waals surface area contributed by atoms with Gasteiger partial charge in [-0.3, -0.25) is 0 Å². The normalized spacial score (nSPS) is 17.4. The summed E-state index contributed by atoms with van der Waals surface area (Å²) in [6, 6.07) is 7.73. The highest BCUT2D eigenvalue weighted by Crippen LogP contribution is 2.36. The molecule has 192 valence electrons. The molecular formula is C22H25F3N2O6S2. The number of likely N-dealkylation sites (tertiary alicyclic amines) is 1. The molecule has 8 nitrogen and oxygen atoms in total. The number of hydrogen-bond acceptors (Lipinski definition) is 6. The van der Waals surface area contributed by atoms with Crippen molar-refractivity contribution in [2.45, 2.75) is 59.7 Å². The zero-order valence-corrected chi connectivity index (χ0v) is 20.8. The van der Waals surface area contributed by atoms with Crippen LogP contribution in [-0.2, 0) is 30.8 Å². The molecule has 3 rings (SSSR count). The maximum Gasteiger partial charge on any atom is 0.417 e. The first-order valence-corrected chi connectivity index (χ1v) is 13.5. The minimum absolute atomic E-state index is 0.114. The molecule has 1 saturated heterocycles. The fourth-order valence-electron chi connectivity index (χ4n) is 3.49. The van der Waals surface area contributed by atoms with Crippen molar-refractivity contribution in [2.75, 3.05) is 13.1 Å². The first-order chi connectivity index (χ1) is 16.0. The van der Waals surface area contributed by atoms with Crippen molar-refractivity contribution in [3.8, 4) is 0 Å². The summed E-state index contributed by atoms with van der Waals surface area (Å²) in [7, 11) is -9.10. The van der Waals surface area contributed by atoms with Crippen LogP contribution in [0.4, 0.5) is 18.0 Å². The minimum Gasteiger partial charge on any atom is -0.444 e. The smallest absolute Gasteiger partial charge is 0.417 e. The molecule has 35 heavy (non-hydrogen) atoms. The maximum atomic E-state index is 13.7. The van der Waals surface area contributed by atoms with Crippen LogP contribution in [0.1, 0.15) is 32.8 Å². The van der Waals surface area contributed by atoms with Gasteiger partial charge in [-0.05, 0) is 57.5 Å². The molecule has 1 N–H and O–H groups in total. The van der Waals surface area contributed by atoms with E-state index in [9.17, 15) is 34.8 Å². The van der Waals surface area contributed by atoms with Crippen LogP contribution in [0.3, 0.4) is 0 Å². The molecule has 0 spiro atoms. The third-order valence-electron chi connectivity index (χ3n) is 5.07. The van der Waals surface area contributed by atoms with Gasteiger partial charge in [-0.25, -0.2) is 26.4 Å². The van der Waals surface area contributed by atoms with E-state index in [-0.39, 0.29) is 24.4 Å². The van der Waals surface area contributed by atoms with Crippen LogP contribution in [0.15, 0.2) is 63.2 Å². The number of nitrogens with one attached hydrogen (secondary N) is 1. The summed E-state index contributed by atoms with van der Waals surface area (Å²) < 4.78 is 100. The molecule has 1 aliphatic rings. The predicted octanol–water partition coefficient (Wildman–Crippen LogP) is 3.83. The predicted molar refractivity (Wildman–Crippen MR) is 120 cm³/mol. The zero-order chi connectivity index (χ0) is 26.2. The summed E-state index contributed by atoms with van der Waals surface area (Å²) in [5.74, 6) is 0. The van der Waals surface area contributed by atoms with Gasteiger partial charge in [0, 0.05) is 19.1 Å². The molecular weight excluding hydrogens is 509 g/mol. The quantitative estimate of drug-likeness (QED) is 0.625. The largest absolute Gasteiger partial charge is 0.444 e. The fourth-order valence-corrected chi connectivity index (χ4v) is 6.39. The number of hydrogen-bond donors (Lipinski definition) is 1. The van der Waals surface area contributed by atoms with E-state index in [2.05, 4.69) is 4.72 Å². The molecule has 0 bridgehead atoms. The standard InChI is InChI=1S/C22H25F3N2O6S2/c1-21(2,3)33-20(28)27-12-11-15(14-27)26-35(31,32)19-13-17(9-10-18(19)22(23,24)25)34(29,30)16-7-5-4-6-8-16/h4-10,13,15,26H,11-12,14H2,1-3H3/t15-/m1/s1. The van der Waals surface area contributed by atoms with E-state index in [0.29, 0.717) is 12.1 Å². The summed E-state index contributed by atoms with van der Waals surface area (Å²) in [4.78, 5) is 11.5. The van der Waals surface area contributed by atoms with E-state index in [4.69, 9.17) is 4.74 Å². The molecule has 0 unspecified atom stereocenters. The molecule has 1 heterocycles. The number of amides is 1. The van der Waals surface area contributed by atoms with Crippen LogP contribution in [0, 0.1) is 0 Å². The molecule has 1 aliphatic heterocycles.